The Bertz CT molecular complexity index is 410. The van der Waals surface area contributed by atoms with Crippen molar-refractivity contribution in [2.75, 3.05) is 6.54 Å². The molecule has 2 aliphatic carbocycles. The van der Waals surface area contributed by atoms with Crippen molar-refractivity contribution < 1.29 is 0 Å². The lowest BCUT2D eigenvalue weighted by Crippen LogP contribution is -2.30. The summed E-state index contributed by atoms with van der Waals surface area (Å²) in [5, 5.41) is 8.23. The third-order valence-electron chi connectivity index (χ3n) is 5.04. The fraction of sp³-hybridized carbons (Fsp3) is 0.800. The first-order chi connectivity index (χ1) is 8.75. The van der Waals surface area contributed by atoms with Gasteiger partial charge in [0.15, 0.2) is 0 Å². The van der Waals surface area contributed by atoms with Crippen LogP contribution in [0.15, 0.2) is 6.20 Å². The van der Waals surface area contributed by atoms with Crippen LogP contribution in [0.1, 0.15) is 56.3 Å². The van der Waals surface area contributed by atoms with E-state index >= 15 is 0 Å². The topological polar surface area (TPSA) is 29.9 Å². The molecule has 3 nitrogen and oxygen atoms in total. The van der Waals surface area contributed by atoms with Gasteiger partial charge in [0.2, 0.25) is 0 Å². The molecule has 0 saturated heterocycles. The van der Waals surface area contributed by atoms with Gasteiger partial charge < -0.3 is 5.32 Å². The van der Waals surface area contributed by atoms with Gasteiger partial charge in [-0.05, 0) is 44.1 Å². The maximum absolute atomic E-state index is 4.42. The average molecular weight is 247 g/mol. The van der Waals surface area contributed by atoms with Crippen molar-refractivity contribution >= 4 is 0 Å². The molecular formula is C15H25N3. The summed E-state index contributed by atoms with van der Waals surface area (Å²) in [4.78, 5) is 0. The molecule has 0 radical (unpaired) electrons. The van der Waals surface area contributed by atoms with Crippen molar-refractivity contribution in [3.63, 3.8) is 0 Å². The Balaban J connectivity index is 1.64. The highest BCUT2D eigenvalue weighted by atomic mass is 15.3. The first kappa shape index (κ1) is 12.2. The molecule has 3 atom stereocenters. The zero-order valence-corrected chi connectivity index (χ0v) is 11.7. The first-order valence-corrected chi connectivity index (χ1v) is 7.50. The predicted octanol–water partition coefficient (Wildman–Crippen LogP) is 2.82. The quantitative estimate of drug-likeness (QED) is 0.890. The Labute approximate surface area is 110 Å². The van der Waals surface area contributed by atoms with Crippen molar-refractivity contribution in [2.45, 2.75) is 51.5 Å². The lowest BCUT2D eigenvalue weighted by molar-refractivity contribution is 0.352. The summed E-state index contributed by atoms with van der Waals surface area (Å²) >= 11 is 0. The van der Waals surface area contributed by atoms with Crippen molar-refractivity contribution in [1.82, 2.24) is 15.1 Å². The Morgan fingerprint density at radius 2 is 2.22 bits per heavy atom. The fourth-order valence-electron chi connectivity index (χ4n) is 3.74. The molecular weight excluding hydrogens is 222 g/mol. The Morgan fingerprint density at radius 3 is 3.00 bits per heavy atom. The van der Waals surface area contributed by atoms with Gasteiger partial charge in [0.05, 0.1) is 6.20 Å². The average Bonchev–Trinajstić information content (AvgIpc) is 2.95. The van der Waals surface area contributed by atoms with Crippen LogP contribution in [-0.2, 0) is 13.5 Å². The van der Waals surface area contributed by atoms with Crippen LogP contribution in [0.3, 0.4) is 0 Å². The summed E-state index contributed by atoms with van der Waals surface area (Å²) in [5.74, 6) is 1.81. The number of aryl methyl sites for hydroxylation is 1. The van der Waals surface area contributed by atoms with E-state index < -0.39 is 0 Å². The van der Waals surface area contributed by atoms with Crippen LogP contribution in [0.25, 0.3) is 0 Å². The molecule has 1 aromatic rings. The number of rotatable bonds is 3. The summed E-state index contributed by atoms with van der Waals surface area (Å²) < 4.78 is 2.06. The van der Waals surface area contributed by atoms with E-state index in [1.54, 1.807) is 0 Å². The van der Waals surface area contributed by atoms with E-state index in [2.05, 4.69) is 35.3 Å². The van der Waals surface area contributed by atoms with Crippen LogP contribution in [0.5, 0.6) is 0 Å². The minimum absolute atomic E-state index is 0.551. The lowest BCUT2D eigenvalue weighted by Gasteiger charge is -2.26. The zero-order chi connectivity index (χ0) is 12.5. The second kappa shape index (κ2) is 5.04. The van der Waals surface area contributed by atoms with Crippen molar-refractivity contribution in [1.29, 1.82) is 0 Å². The van der Waals surface area contributed by atoms with Gasteiger partial charge in [-0.25, -0.2) is 0 Å². The number of aromatic nitrogens is 2. The van der Waals surface area contributed by atoms with Crippen LogP contribution in [-0.4, -0.2) is 16.3 Å². The van der Waals surface area contributed by atoms with Crippen LogP contribution in [0.4, 0.5) is 0 Å². The normalized spacial score (nSPS) is 31.6. The van der Waals surface area contributed by atoms with Crippen LogP contribution in [0, 0.1) is 11.8 Å². The Morgan fingerprint density at radius 1 is 1.33 bits per heavy atom. The van der Waals surface area contributed by atoms with E-state index in [0.717, 1.165) is 11.8 Å². The standard InChI is InChI=1S/C15H25N3/c1-11-5-3-6-12(11)9-16-14-7-4-8-15-13(14)10-17-18(15)2/h10-12,14,16H,3-9H2,1-2H3. The molecule has 3 rings (SSSR count). The van der Waals surface area contributed by atoms with Crippen molar-refractivity contribution in [3.05, 3.63) is 17.5 Å². The maximum atomic E-state index is 4.42. The molecule has 1 heterocycles. The van der Waals surface area contributed by atoms with E-state index in [1.807, 2.05) is 0 Å². The second-order valence-corrected chi connectivity index (χ2v) is 6.19. The van der Waals surface area contributed by atoms with Gasteiger partial charge in [0.1, 0.15) is 0 Å². The molecule has 0 bridgehead atoms. The molecule has 18 heavy (non-hydrogen) atoms. The van der Waals surface area contributed by atoms with E-state index in [1.165, 1.54) is 56.3 Å². The molecule has 0 spiro atoms. The van der Waals surface area contributed by atoms with E-state index in [-0.39, 0.29) is 0 Å². The molecule has 1 aromatic heterocycles. The lowest BCUT2D eigenvalue weighted by atomic mass is 9.91. The van der Waals surface area contributed by atoms with Gasteiger partial charge in [-0.1, -0.05) is 19.8 Å². The number of fused-ring (bicyclic) bond motifs is 1. The van der Waals surface area contributed by atoms with Crippen LogP contribution >= 0.6 is 0 Å². The number of nitrogens with zero attached hydrogens (tertiary/aromatic N) is 2. The van der Waals surface area contributed by atoms with Crippen molar-refractivity contribution in [3.8, 4) is 0 Å². The summed E-state index contributed by atoms with van der Waals surface area (Å²) in [6.45, 7) is 3.61. The molecule has 0 amide bonds. The molecule has 1 fully saturated rings. The zero-order valence-electron chi connectivity index (χ0n) is 11.7. The van der Waals surface area contributed by atoms with E-state index in [4.69, 9.17) is 0 Å². The Kier molecular flexibility index (Phi) is 3.42. The largest absolute Gasteiger partial charge is 0.310 e. The smallest absolute Gasteiger partial charge is 0.0540 e. The number of hydrogen-bond donors (Lipinski definition) is 1. The third kappa shape index (κ3) is 2.20. The highest BCUT2D eigenvalue weighted by molar-refractivity contribution is 5.24. The molecule has 3 unspecified atom stereocenters. The van der Waals surface area contributed by atoms with Gasteiger partial charge >= 0.3 is 0 Å². The monoisotopic (exact) mass is 247 g/mol. The second-order valence-electron chi connectivity index (χ2n) is 6.19. The van der Waals surface area contributed by atoms with Gasteiger partial charge in [-0.3, -0.25) is 4.68 Å². The summed E-state index contributed by atoms with van der Waals surface area (Å²) in [7, 11) is 2.07. The first-order valence-electron chi connectivity index (χ1n) is 7.50. The molecule has 1 saturated carbocycles. The van der Waals surface area contributed by atoms with E-state index in [0.29, 0.717) is 6.04 Å². The summed E-state index contributed by atoms with van der Waals surface area (Å²) in [5.41, 5.74) is 2.90. The molecule has 100 valence electrons. The van der Waals surface area contributed by atoms with Gasteiger partial charge in [0.25, 0.3) is 0 Å². The highest BCUT2D eigenvalue weighted by Crippen LogP contribution is 2.33. The van der Waals surface area contributed by atoms with Gasteiger partial charge in [-0.2, -0.15) is 5.10 Å². The minimum atomic E-state index is 0.551. The fourth-order valence-corrected chi connectivity index (χ4v) is 3.74. The Hall–Kier alpha value is -0.830. The van der Waals surface area contributed by atoms with Crippen molar-refractivity contribution in [2.24, 2.45) is 18.9 Å². The SMILES string of the molecule is CC1CCCC1CNC1CCCc2c1cnn2C. The summed E-state index contributed by atoms with van der Waals surface area (Å²) in [6, 6.07) is 0.551. The third-order valence-corrected chi connectivity index (χ3v) is 5.04. The molecule has 2 aliphatic rings. The van der Waals surface area contributed by atoms with E-state index in [9.17, 15) is 0 Å². The molecule has 1 N–H and O–H groups in total. The van der Waals surface area contributed by atoms with Crippen LogP contribution < -0.4 is 5.32 Å². The molecule has 3 heteroatoms. The van der Waals surface area contributed by atoms with Crippen LogP contribution in [0.2, 0.25) is 0 Å². The van der Waals surface area contributed by atoms with Gasteiger partial charge in [0, 0.05) is 24.3 Å². The van der Waals surface area contributed by atoms with Gasteiger partial charge in [-0.15, -0.1) is 0 Å². The predicted molar refractivity (Wildman–Crippen MR) is 73.4 cm³/mol. The molecule has 0 aliphatic heterocycles. The highest BCUT2D eigenvalue weighted by Gasteiger charge is 2.27. The summed E-state index contributed by atoms with van der Waals surface area (Å²) in [6.07, 6.45) is 10.1. The minimum Gasteiger partial charge on any atom is -0.310 e. The molecule has 0 aromatic carbocycles. The number of hydrogen-bond acceptors (Lipinski definition) is 2. The maximum Gasteiger partial charge on any atom is 0.0540 e. The number of nitrogens with one attached hydrogen (secondary N) is 1.